The smallest absolute Gasteiger partial charge is 0.254 e. The molecule has 3 aromatic rings. The quantitative estimate of drug-likeness (QED) is 0.646. The van der Waals surface area contributed by atoms with Crippen LogP contribution < -0.4 is 0 Å². The standard InChI is InChI=1S/C20H19NOS/c1-2-18-17-10-12-23-19(17)9-11-21(18)20(22)16-8-7-14-5-3-4-6-15(14)13-16/h3-8,10,12-13,18H,2,9,11H2,1H3. The molecule has 0 aliphatic carbocycles. The zero-order valence-electron chi connectivity index (χ0n) is 13.2. The van der Waals surface area contributed by atoms with Gasteiger partial charge in [-0.05, 0) is 52.8 Å². The van der Waals surface area contributed by atoms with Crippen LogP contribution in [0.25, 0.3) is 10.8 Å². The molecule has 1 atom stereocenters. The zero-order valence-corrected chi connectivity index (χ0v) is 14.0. The normalized spacial score (nSPS) is 17.3. The topological polar surface area (TPSA) is 20.3 Å². The fraction of sp³-hybridized carbons (Fsp3) is 0.250. The summed E-state index contributed by atoms with van der Waals surface area (Å²) < 4.78 is 0. The van der Waals surface area contributed by atoms with Crippen molar-refractivity contribution in [2.24, 2.45) is 0 Å². The first-order valence-corrected chi connectivity index (χ1v) is 9.02. The predicted molar refractivity (Wildman–Crippen MR) is 96.0 cm³/mol. The van der Waals surface area contributed by atoms with Crippen molar-refractivity contribution in [2.75, 3.05) is 6.54 Å². The summed E-state index contributed by atoms with van der Waals surface area (Å²) in [7, 11) is 0. The second-order valence-corrected chi connectivity index (χ2v) is 7.03. The minimum absolute atomic E-state index is 0.152. The van der Waals surface area contributed by atoms with E-state index in [1.54, 1.807) is 0 Å². The van der Waals surface area contributed by atoms with Gasteiger partial charge in [-0.2, -0.15) is 0 Å². The maximum Gasteiger partial charge on any atom is 0.254 e. The number of nitrogens with zero attached hydrogens (tertiary/aromatic N) is 1. The van der Waals surface area contributed by atoms with Crippen LogP contribution in [0.3, 0.4) is 0 Å². The Balaban J connectivity index is 1.70. The van der Waals surface area contributed by atoms with E-state index >= 15 is 0 Å². The molecule has 0 saturated carbocycles. The molecule has 2 heterocycles. The number of fused-ring (bicyclic) bond motifs is 2. The summed E-state index contributed by atoms with van der Waals surface area (Å²) in [6, 6.07) is 16.6. The van der Waals surface area contributed by atoms with Gasteiger partial charge in [0.05, 0.1) is 6.04 Å². The average Bonchev–Trinajstić information content (AvgIpc) is 3.08. The molecule has 1 aromatic heterocycles. The number of benzene rings is 2. The van der Waals surface area contributed by atoms with Gasteiger partial charge in [0, 0.05) is 17.0 Å². The highest BCUT2D eigenvalue weighted by molar-refractivity contribution is 7.10. The summed E-state index contributed by atoms with van der Waals surface area (Å²) >= 11 is 1.82. The van der Waals surface area contributed by atoms with Crippen LogP contribution in [-0.4, -0.2) is 17.4 Å². The van der Waals surface area contributed by atoms with Gasteiger partial charge in [-0.25, -0.2) is 0 Å². The van der Waals surface area contributed by atoms with Crippen LogP contribution >= 0.6 is 11.3 Å². The number of amides is 1. The Morgan fingerprint density at radius 1 is 1.17 bits per heavy atom. The van der Waals surface area contributed by atoms with Gasteiger partial charge in [0.2, 0.25) is 0 Å². The van der Waals surface area contributed by atoms with E-state index in [1.807, 2.05) is 41.7 Å². The summed E-state index contributed by atoms with van der Waals surface area (Å²) in [5, 5.41) is 4.45. The van der Waals surface area contributed by atoms with Crippen molar-refractivity contribution in [3.05, 3.63) is 69.9 Å². The highest BCUT2D eigenvalue weighted by Gasteiger charge is 2.30. The van der Waals surface area contributed by atoms with Crippen molar-refractivity contribution in [3.63, 3.8) is 0 Å². The molecule has 0 spiro atoms. The number of carbonyl (C=O) groups is 1. The lowest BCUT2D eigenvalue weighted by Crippen LogP contribution is -2.39. The molecular weight excluding hydrogens is 302 g/mol. The first-order valence-electron chi connectivity index (χ1n) is 8.14. The first-order chi connectivity index (χ1) is 11.3. The summed E-state index contributed by atoms with van der Waals surface area (Å²) in [6.45, 7) is 2.98. The molecule has 0 fully saturated rings. The maximum absolute atomic E-state index is 13.1. The molecule has 2 nitrogen and oxygen atoms in total. The maximum atomic E-state index is 13.1. The van der Waals surface area contributed by atoms with Crippen LogP contribution in [0.5, 0.6) is 0 Å². The summed E-state index contributed by atoms with van der Waals surface area (Å²) in [6.07, 6.45) is 1.94. The van der Waals surface area contributed by atoms with E-state index in [1.165, 1.54) is 15.8 Å². The van der Waals surface area contributed by atoms with Crippen molar-refractivity contribution in [3.8, 4) is 0 Å². The van der Waals surface area contributed by atoms with Gasteiger partial charge in [-0.15, -0.1) is 11.3 Å². The molecule has 1 amide bonds. The SMILES string of the molecule is CCC1c2ccsc2CCN1C(=O)c1ccc2ccccc2c1. The molecule has 0 N–H and O–H groups in total. The number of hydrogen-bond acceptors (Lipinski definition) is 2. The molecule has 0 radical (unpaired) electrons. The van der Waals surface area contributed by atoms with Crippen LogP contribution in [-0.2, 0) is 6.42 Å². The molecular formula is C20H19NOS. The van der Waals surface area contributed by atoms with Crippen LogP contribution in [0.1, 0.15) is 40.2 Å². The van der Waals surface area contributed by atoms with Crippen LogP contribution in [0.15, 0.2) is 53.9 Å². The van der Waals surface area contributed by atoms with Crippen LogP contribution in [0.2, 0.25) is 0 Å². The fourth-order valence-electron chi connectivity index (χ4n) is 3.57. The summed E-state index contributed by atoms with van der Waals surface area (Å²) in [5.74, 6) is 0.152. The number of hydrogen-bond donors (Lipinski definition) is 0. The Bertz CT molecular complexity index is 867. The third kappa shape index (κ3) is 2.45. The van der Waals surface area contributed by atoms with Crippen molar-refractivity contribution < 1.29 is 4.79 Å². The second-order valence-electron chi connectivity index (χ2n) is 6.03. The zero-order chi connectivity index (χ0) is 15.8. The molecule has 2 aromatic carbocycles. The number of rotatable bonds is 2. The van der Waals surface area contributed by atoms with E-state index in [2.05, 4.69) is 35.4 Å². The largest absolute Gasteiger partial charge is 0.331 e. The number of thiophene rings is 1. The van der Waals surface area contributed by atoms with Gasteiger partial charge < -0.3 is 4.90 Å². The Labute approximate surface area is 140 Å². The van der Waals surface area contributed by atoms with E-state index in [0.717, 1.165) is 30.3 Å². The summed E-state index contributed by atoms with van der Waals surface area (Å²) in [4.78, 5) is 16.6. The monoisotopic (exact) mass is 321 g/mol. The van der Waals surface area contributed by atoms with Gasteiger partial charge in [0.1, 0.15) is 0 Å². The van der Waals surface area contributed by atoms with Crippen LogP contribution in [0.4, 0.5) is 0 Å². The predicted octanol–water partition coefficient (Wildman–Crippen LogP) is 5.05. The Morgan fingerprint density at radius 3 is 2.83 bits per heavy atom. The molecule has 3 heteroatoms. The van der Waals surface area contributed by atoms with Gasteiger partial charge >= 0.3 is 0 Å². The van der Waals surface area contributed by atoms with E-state index in [4.69, 9.17) is 0 Å². The van der Waals surface area contributed by atoms with Crippen molar-refractivity contribution in [1.29, 1.82) is 0 Å². The van der Waals surface area contributed by atoms with Crippen molar-refractivity contribution >= 4 is 28.0 Å². The summed E-state index contributed by atoms with van der Waals surface area (Å²) in [5.41, 5.74) is 2.14. The van der Waals surface area contributed by atoms with Gasteiger partial charge in [0.15, 0.2) is 0 Å². The Kier molecular flexibility index (Phi) is 3.66. The van der Waals surface area contributed by atoms with Crippen molar-refractivity contribution in [1.82, 2.24) is 4.90 Å². The third-order valence-electron chi connectivity index (χ3n) is 4.74. The Hall–Kier alpha value is -2.13. The van der Waals surface area contributed by atoms with E-state index in [-0.39, 0.29) is 11.9 Å². The Morgan fingerprint density at radius 2 is 2.00 bits per heavy atom. The molecule has 0 bridgehead atoms. The molecule has 1 aliphatic heterocycles. The van der Waals surface area contributed by atoms with E-state index in [9.17, 15) is 4.79 Å². The van der Waals surface area contributed by atoms with Crippen molar-refractivity contribution in [2.45, 2.75) is 25.8 Å². The third-order valence-corrected chi connectivity index (χ3v) is 5.74. The fourth-order valence-corrected chi connectivity index (χ4v) is 4.50. The lowest BCUT2D eigenvalue weighted by atomic mass is 9.96. The van der Waals surface area contributed by atoms with E-state index in [0.29, 0.717) is 0 Å². The van der Waals surface area contributed by atoms with Crippen LogP contribution in [0, 0.1) is 0 Å². The van der Waals surface area contributed by atoms with E-state index < -0.39 is 0 Å². The molecule has 1 aliphatic rings. The lowest BCUT2D eigenvalue weighted by molar-refractivity contribution is 0.0657. The minimum atomic E-state index is 0.152. The number of carbonyl (C=O) groups excluding carboxylic acids is 1. The highest BCUT2D eigenvalue weighted by Crippen LogP contribution is 2.36. The molecule has 116 valence electrons. The molecule has 4 rings (SSSR count). The molecule has 0 saturated heterocycles. The highest BCUT2D eigenvalue weighted by atomic mass is 32.1. The molecule has 1 unspecified atom stereocenters. The minimum Gasteiger partial charge on any atom is -0.331 e. The second kappa shape index (κ2) is 5.82. The van der Waals surface area contributed by atoms with Gasteiger partial charge in [-0.3, -0.25) is 4.79 Å². The first kappa shape index (κ1) is 14.5. The van der Waals surface area contributed by atoms with Gasteiger partial charge in [-0.1, -0.05) is 37.3 Å². The van der Waals surface area contributed by atoms with Gasteiger partial charge in [0.25, 0.3) is 5.91 Å². The average molecular weight is 321 g/mol. The lowest BCUT2D eigenvalue weighted by Gasteiger charge is -2.35. The molecule has 23 heavy (non-hydrogen) atoms.